The molecule has 11 nitrogen and oxygen atoms in total. The average Bonchev–Trinajstić information content (AvgIpc) is 3.87. The zero-order chi connectivity index (χ0) is 43.2. The first-order valence-corrected chi connectivity index (χ1v) is 21.6. The van der Waals surface area contributed by atoms with Crippen LogP contribution in [0.4, 0.5) is 17.1 Å². The number of rotatable bonds is 10. The third-order valence-corrected chi connectivity index (χ3v) is 13.1. The van der Waals surface area contributed by atoms with E-state index in [1.165, 1.54) is 34.8 Å². The van der Waals surface area contributed by atoms with Crippen molar-refractivity contribution in [3.05, 3.63) is 149 Å². The van der Waals surface area contributed by atoms with Gasteiger partial charge in [-0.2, -0.15) is 0 Å². The molecule has 0 atom stereocenters. The number of anilines is 3. The highest BCUT2D eigenvalue weighted by molar-refractivity contribution is 7.17. The van der Waals surface area contributed by atoms with E-state index >= 15 is 0 Å². The lowest BCUT2D eigenvalue weighted by Gasteiger charge is -2.30. The summed E-state index contributed by atoms with van der Waals surface area (Å²) in [7, 11) is 0. The summed E-state index contributed by atoms with van der Waals surface area (Å²) in [4.78, 5) is 28.6. The van der Waals surface area contributed by atoms with Gasteiger partial charge in [0, 0.05) is 22.1 Å². The zero-order valence-electron chi connectivity index (χ0n) is 33.4. The number of benzene rings is 6. The minimum Gasteiger partial charge on any atom is -0.485 e. The second-order valence-electron chi connectivity index (χ2n) is 14.7. The number of thiophene rings is 2. The van der Waals surface area contributed by atoms with Crippen LogP contribution >= 0.6 is 22.7 Å². The maximum Gasteiger partial charge on any atom is 0.351 e. The highest BCUT2D eigenvalue weighted by Gasteiger charge is 2.29. The summed E-state index contributed by atoms with van der Waals surface area (Å²) in [5, 5.41) is 23.1. The van der Waals surface area contributed by atoms with E-state index in [1.807, 2.05) is 54.6 Å². The van der Waals surface area contributed by atoms with Crippen LogP contribution < -0.4 is 35.3 Å². The number of carboxylic acid groups (broad SMARTS) is 2. The van der Waals surface area contributed by atoms with E-state index in [4.69, 9.17) is 30.4 Å². The predicted molar refractivity (Wildman–Crippen MR) is 250 cm³/mol. The lowest BCUT2D eigenvalue weighted by Crippen LogP contribution is -2.15. The molecule has 0 spiro atoms. The molecule has 0 fully saturated rings. The van der Waals surface area contributed by atoms with Gasteiger partial charge in [-0.1, -0.05) is 91.0 Å². The SMILES string of the molecule is N/C(=C\c1sc(-c2ccc3c(N(c4ccccc4)c4ccccc4)c4ccc(-c5sc(/C=C(\N)C(=O)O)c6c5OCCO6)cc4c(-c4ccccc4)c3c2)c2c1OCCO2)C(=O)O. The predicted octanol–water partition coefficient (Wildman–Crippen LogP) is 10.9. The molecule has 0 saturated heterocycles. The fourth-order valence-corrected chi connectivity index (χ4v) is 10.4. The molecule has 2 aromatic heterocycles. The highest BCUT2D eigenvalue weighted by atomic mass is 32.1. The van der Waals surface area contributed by atoms with E-state index in [1.54, 1.807) is 0 Å². The quantitative estimate of drug-likeness (QED) is 0.0763. The Bertz CT molecular complexity index is 2970. The van der Waals surface area contributed by atoms with Gasteiger partial charge in [0.15, 0.2) is 23.0 Å². The molecule has 0 amide bonds. The number of carbonyl (C=O) groups is 2. The van der Waals surface area contributed by atoms with Gasteiger partial charge in [-0.25, -0.2) is 9.59 Å². The first-order chi connectivity index (χ1) is 30.7. The number of ether oxygens (including phenoxy) is 4. The van der Waals surface area contributed by atoms with Gasteiger partial charge in [0.1, 0.15) is 37.8 Å². The Morgan fingerprint density at radius 3 is 1.32 bits per heavy atom. The third-order valence-electron chi connectivity index (χ3n) is 10.8. The van der Waals surface area contributed by atoms with E-state index in [9.17, 15) is 19.8 Å². The number of para-hydroxylation sites is 2. The molecule has 0 radical (unpaired) electrons. The number of fused-ring (bicyclic) bond motifs is 4. The Morgan fingerprint density at radius 2 is 0.905 bits per heavy atom. The number of hydrogen-bond acceptors (Lipinski definition) is 11. The van der Waals surface area contributed by atoms with E-state index in [2.05, 4.69) is 77.7 Å². The summed E-state index contributed by atoms with van der Waals surface area (Å²) in [6, 6.07) is 43.5. The van der Waals surface area contributed by atoms with Crippen LogP contribution in [-0.2, 0) is 9.59 Å². The maximum absolute atomic E-state index is 11.8. The number of nitrogens with zero attached hydrogens (tertiary/aromatic N) is 1. The van der Waals surface area contributed by atoms with Gasteiger partial charge in [0.25, 0.3) is 0 Å². The first kappa shape index (κ1) is 39.4. The van der Waals surface area contributed by atoms with E-state index in [-0.39, 0.29) is 11.4 Å². The Kier molecular flexibility index (Phi) is 10.2. The van der Waals surface area contributed by atoms with Crippen LogP contribution in [-0.4, -0.2) is 48.6 Å². The fraction of sp³-hybridized carbons (Fsp3) is 0.0800. The van der Waals surface area contributed by atoms with E-state index in [0.29, 0.717) is 59.2 Å². The van der Waals surface area contributed by atoms with Gasteiger partial charge in [-0.05, 0) is 81.6 Å². The number of nitrogens with two attached hydrogens (primary N) is 2. The first-order valence-electron chi connectivity index (χ1n) is 20.0. The van der Waals surface area contributed by atoms with E-state index in [0.717, 1.165) is 70.6 Å². The van der Waals surface area contributed by atoms with Crippen molar-refractivity contribution in [3.63, 3.8) is 0 Å². The lowest BCUT2D eigenvalue weighted by atomic mass is 9.88. The Labute approximate surface area is 368 Å². The Morgan fingerprint density at radius 1 is 0.508 bits per heavy atom. The van der Waals surface area contributed by atoms with Crippen LogP contribution in [0, 0.1) is 0 Å². The monoisotopic (exact) mass is 871 g/mol. The van der Waals surface area contributed by atoms with Crippen LogP contribution in [0.3, 0.4) is 0 Å². The third kappa shape index (κ3) is 7.12. The number of hydrogen-bond donors (Lipinski definition) is 4. The van der Waals surface area contributed by atoms with Crippen molar-refractivity contribution in [3.8, 4) is 55.0 Å². The normalized spacial score (nSPS) is 13.6. The van der Waals surface area contributed by atoms with Crippen LogP contribution in [0.2, 0.25) is 0 Å². The molecule has 0 saturated carbocycles. The van der Waals surface area contributed by atoms with Crippen LogP contribution in [0.15, 0.2) is 139 Å². The highest BCUT2D eigenvalue weighted by Crippen LogP contribution is 2.55. The van der Waals surface area contributed by atoms with Crippen molar-refractivity contribution in [2.24, 2.45) is 11.5 Å². The molecule has 2 aliphatic heterocycles. The molecule has 0 bridgehead atoms. The van der Waals surface area contributed by atoms with Crippen LogP contribution in [0.5, 0.6) is 23.0 Å². The minimum atomic E-state index is -1.23. The van der Waals surface area contributed by atoms with Gasteiger partial charge < -0.3 is 45.5 Å². The molecular formula is C50H37N3O8S2. The summed E-state index contributed by atoms with van der Waals surface area (Å²) in [6.45, 7) is 1.29. The number of carboxylic acids is 2. The fourth-order valence-electron chi connectivity index (χ4n) is 8.13. The molecule has 13 heteroatoms. The standard InChI is InChI=1S/C50H37N3O8S2/c51-37(49(54)55)26-39-43-45(60-22-20-58-43)47(62-39)29-16-18-33-35(24-29)41(28-10-4-1-5-11-28)36-25-30(48-46-44(59-21-23-61-46)40(63-48)27-38(52)50(56)57)17-19-34(36)42(33)53(31-12-6-2-7-13-31)32-14-8-3-9-15-32/h1-19,24-27H,20-23,51-52H2,(H,54,55)(H,56,57)/b37-26-,38-27-. The zero-order valence-corrected chi connectivity index (χ0v) is 35.0. The second kappa shape index (κ2) is 16.3. The molecular weight excluding hydrogens is 835 g/mol. The molecule has 6 N–H and O–H groups in total. The molecule has 10 rings (SSSR count). The van der Waals surface area contributed by atoms with Gasteiger partial charge >= 0.3 is 11.9 Å². The summed E-state index contributed by atoms with van der Waals surface area (Å²) >= 11 is 2.72. The molecule has 0 aliphatic carbocycles. The van der Waals surface area contributed by atoms with Crippen LogP contribution in [0.1, 0.15) is 9.75 Å². The van der Waals surface area contributed by atoms with Crippen molar-refractivity contribution >= 4 is 85.4 Å². The summed E-state index contributed by atoms with van der Waals surface area (Å²) in [6.07, 6.45) is 2.83. The Balaban J connectivity index is 1.31. The molecule has 4 heterocycles. The minimum absolute atomic E-state index is 0.309. The van der Waals surface area contributed by atoms with Crippen molar-refractivity contribution in [2.45, 2.75) is 0 Å². The summed E-state index contributed by atoms with van der Waals surface area (Å²) in [5.74, 6) is -0.467. The average molecular weight is 872 g/mol. The largest absolute Gasteiger partial charge is 0.485 e. The molecule has 8 aromatic rings. The maximum atomic E-state index is 11.8. The van der Waals surface area contributed by atoms with Crippen molar-refractivity contribution < 1.29 is 38.7 Å². The van der Waals surface area contributed by atoms with Crippen molar-refractivity contribution in [2.75, 3.05) is 31.3 Å². The van der Waals surface area contributed by atoms with Crippen LogP contribution in [0.25, 0.3) is 65.7 Å². The van der Waals surface area contributed by atoms with Gasteiger partial charge in [-0.15, -0.1) is 22.7 Å². The van der Waals surface area contributed by atoms with Crippen molar-refractivity contribution in [1.82, 2.24) is 0 Å². The second-order valence-corrected chi connectivity index (χ2v) is 16.8. The summed E-state index contributed by atoms with van der Waals surface area (Å²) < 4.78 is 24.7. The molecule has 0 unspecified atom stereocenters. The molecule has 63 heavy (non-hydrogen) atoms. The summed E-state index contributed by atoms with van der Waals surface area (Å²) in [5.41, 5.74) is 17.8. The molecule has 312 valence electrons. The molecule has 2 aliphatic rings. The topological polar surface area (TPSA) is 167 Å². The lowest BCUT2D eigenvalue weighted by molar-refractivity contribution is -0.133. The Hall–Kier alpha value is -7.74. The van der Waals surface area contributed by atoms with Gasteiger partial charge in [0.2, 0.25) is 0 Å². The van der Waals surface area contributed by atoms with E-state index < -0.39 is 11.9 Å². The molecule has 6 aromatic carbocycles. The van der Waals surface area contributed by atoms with Crippen molar-refractivity contribution in [1.29, 1.82) is 0 Å². The number of aliphatic carboxylic acids is 2. The van der Waals surface area contributed by atoms with Gasteiger partial charge in [0.05, 0.1) is 25.2 Å². The smallest absolute Gasteiger partial charge is 0.351 e. The van der Waals surface area contributed by atoms with Gasteiger partial charge in [-0.3, -0.25) is 0 Å².